The quantitative estimate of drug-likeness (QED) is 0.513. The van der Waals surface area contributed by atoms with Gasteiger partial charge in [-0.25, -0.2) is 0 Å². The van der Waals surface area contributed by atoms with E-state index in [0.717, 1.165) is 0 Å². The Morgan fingerprint density at radius 1 is 0.750 bits per heavy atom. The number of rotatable bonds is 6. The minimum absolute atomic E-state index is 0. The number of hydrogen-bond acceptors (Lipinski definition) is 0. The van der Waals surface area contributed by atoms with E-state index in [9.17, 15) is 0 Å². The average Bonchev–Trinajstić information content (AvgIpc) is 2.07. The van der Waals surface area contributed by atoms with Crippen molar-refractivity contribution in [1.29, 1.82) is 0 Å². The van der Waals surface area contributed by atoms with Crippen LogP contribution < -0.4 is 18.9 Å². The van der Waals surface area contributed by atoms with Gasteiger partial charge in [0.15, 0.2) is 0 Å². The van der Waals surface area contributed by atoms with Crippen LogP contribution in [0.5, 0.6) is 0 Å². The molecule has 1 nitrogen and oxygen atoms in total. The zero-order chi connectivity index (χ0) is 8.69. The minimum atomic E-state index is 0. The maximum absolute atomic E-state index is 4.75. The predicted molar refractivity (Wildman–Crippen MR) is 52.1 cm³/mol. The smallest absolute Gasteiger partial charge is 0.657 e. The Morgan fingerprint density at radius 2 is 1.00 bits per heavy atom. The molecule has 12 heavy (non-hydrogen) atoms. The van der Waals surface area contributed by atoms with Gasteiger partial charge in [0.1, 0.15) is 0 Å². The molecule has 0 heterocycles. The summed E-state index contributed by atoms with van der Waals surface area (Å²) in [4.78, 5) is 0. The molecule has 0 aromatic rings. The Hall–Kier alpha value is 0.557. The van der Waals surface area contributed by atoms with Gasteiger partial charge < -0.3 is 5.32 Å². The summed E-state index contributed by atoms with van der Waals surface area (Å²) in [6, 6.07) is 1.22. The first-order valence-corrected chi connectivity index (χ1v) is 4.98. The van der Waals surface area contributed by atoms with E-state index in [4.69, 9.17) is 5.32 Å². The van der Waals surface area contributed by atoms with Crippen LogP contribution in [-0.4, -0.2) is 12.1 Å². The third kappa shape index (κ3) is 6.12. The van der Waals surface area contributed by atoms with Gasteiger partial charge in [0.2, 0.25) is 0 Å². The van der Waals surface area contributed by atoms with Crippen molar-refractivity contribution in [2.24, 2.45) is 0 Å². The van der Waals surface area contributed by atoms with E-state index in [1.54, 1.807) is 0 Å². The van der Waals surface area contributed by atoms with Crippen LogP contribution in [0.3, 0.4) is 0 Å². The summed E-state index contributed by atoms with van der Waals surface area (Å²) in [6.45, 7) is 8.89. The SMILES string of the molecule is CCC(CC)[N-]C(CC)CC.[Li+]. The van der Waals surface area contributed by atoms with Gasteiger partial charge >= 0.3 is 18.9 Å². The average molecular weight is 163 g/mol. The second-order valence-corrected chi connectivity index (χ2v) is 3.09. The van der Waals surface area contributed by atoms with Gasteiger partial charge in [-0.1, -0.05) is 53.4 Å². The predicted octanol–water partition coefficient (Wildman–Crippen LogP) is 0.741. The molecule has 0 radical (unpaired) electrons. The fraction of sp³-hybridized carbons (Fsp3) is 1.00. The van der Waals surface area contributed by atoms with Crippen molar-refractivity contribution in [1.82, 2.24) is 0 Å². The van der Waals surface area contributed by atoms with Gasteiger partial charge in [0.05, 0.1) is 0 Å². The first-order valence-electron chi connectivity index (χ1n) is 4.98. The van der Waals surface area contributed by atoms with Gasteiger partial charge in [-0.05, 0) is 0 Å². The Morgan fingerprint density at radius 3 is 1.17 bits per heavy atom. The maximum Gasteiger partial charge on any atom is 1.00 e. The van der Waals surface area contributed by atoms with E-state index < -0.39 is 0 Å². The Bertz CT molecular complexity index is 67.9. The third-order valence-electron chi connectivity index (χ3n) is 2.31. The molecule has 0 aromatic heterocycles. The van der Waals surface area contributed by atoms with Crippen LogP contribution in [0.4, 0.5) is 0 Å². The molecule has 0 aliphatic rings. The van der Waals surface area contributed by atoms with Gasteiger partial charge in [0.25, 0.3) is 0 Å². The molecule has 0 bridgehead atoms. The molecule has 0 saturated heterocycles. The molecule has 0 fully saturated rings. The van der Waals surface area contributed by atoms with E-state index >= 15 is 0 Å². The topological polar surface area (TPSA) is 14.1 Å². The van der Waals surface area contributed by atoms with Crippen molar-refractivity contribution < 1.29 is 18.9 Å². The second-order valence-electron chi connectivity index (χ2n) is 3.09. The number of hydrogen-bond donors (Lipinski definition) is 0. The first kappa shape index (κ1) is 15.0. The van der Waals surface area contributed by atoms with Crippen molar-refractivity contribution in [3.8, 4) is 0 Å². The van der Waals surface area contributed by atoms with Gasteiger partial charge in [-0.15, -0.1) is 12.1 Å². The largest absolute Gasteiger partial charge is 1.00 e. The Labute approximate surface area is 89.9 Å². The monoisotopic (exact) mass is 163 g/mol. The number of nitrogens with zero attached hydrogens (tertiary/aromatic N) is 1. The summed E-state index contributed by atoms with van der Waals surface area (Å²) in [6.07, 6.45) is 4.81. The molecule has 0 N–H and O–H groups in total. The van der Waals surface area contributed by atoms with Crippen molar-refractivity contribution in [3.05, 3.63) is 5.32 Å². The van der Waals surface area contributed by atoms with Crippen molar-refractivity contribution in [2.45, 2.75) is 65.5 Å². The fourth-order valence-corrected chi connectivity index (χ4v) is 1.30. The van der Waals surface area contributed by atoms with Crippen LogP contribution in [0.1, 0.15) is 53.4 Å². The maximum atomic E-state index is 4.75. The van der Waals surface area contributed by atoms with Gasteiger partial charge in [-0.3, -0.25) is 0 Å². The van der Waals surface area contributed by atoms with Crippen molar-refractivity contribution in [3.63, 3.8) is 0 Å². The van der Waals surface area contributed by atoms with Crippen molar-refractivity contribution in [2.75, 3.05) is 0 Å². The fourth-order valence-electron chi connectivity index (χ4n) is 1.30. The molecule has 68 valence electrons. The Kier molecular flexibility index (Phi) is 12.1. The van der Waals surface area contributed by atoms with Crippen LogP contribution in [0.2, 0.25) is 0 Å². The standard InChI is InChI=1S/C10H22N.Li/c1-5-9(6-2)11-10(7-3)8-4;/h9-10H,5-8H2,1-4H3;/q-1;+1. The zero-order valence-corrected chi connectivity index (χ0v) is 9.43. The Balaban J connectivity index is 0. The molecule has 0 rings (SSSR count). The molecule has 0 aliphatic carbocycles. The van der Waals surface area contributed by atoms with Gasteiger partial charge in [0, 0.05) is 0 Å². The molecule has 0 spiro atoms. The van der Waals surface area contributed by atoms with Crippen LogP contribution in [0.15, 0.2) is 0 Å². The molecular weight excluding hydrogens is 141 g/mol. The van der Waals surface area contributed by atoms with Crippen LogP contribution in [-0.2, 0) is 0 Å². The van der Waals surface area contributed by atoms with Crippen LogP contribution >= 0.6 is 0 Å². The van der Waals surface area contributed by atoms with Gasteiger partial charge in [-0.2, -0.15) is 0 Å². The van der Waals surface area contributed by atoms with E-state index in [1.165, 1.54) is 25.7 Å². The first-order chi connectivity index (χ1) is 5.28. The molecule has 0 aromatic carbocycles. The molecule has 0 amide bonds. The molecule has 0 atom stereocenters. The molecule has 0 unspecified atom stereocenters. The van der Waals surface area contributed by atoms with E-state index in [2.05, 4.69) is 27.7 Å². The second kappa shape index (κ2) is 9.64. The van der Waals surface area contributed by atoms with Crippen LogP contribution in [0.25, 0.3) is 5.32 Å². The summed E-state index contributed by atoms with van der Waals surface area (Å²) in [5.41, 5.74) is 0. The van der Waals surface area contributed by atoms with E-state index in [-0.39, 0.29) is 18.9 Å². The molecular formula is C10H22LiN. The summed E-state index contributed by atoms with van der Waals surface area (Å²) in [5.74, 6) is 0. The third-order valence-corrected chi connectivity index (χ3v) is 2.31. The van der Waals surface area contributed by atoms with Crippen LogP contribution in [0, 0.1) is 0 Å². The molecule has 0 aliphatic heterocycles. The normalized spacial score (nSPS) is 10.5. The molecule has 2 heteroatoms. The minimum Gasteiger partial charge on any atom is -0.657 e. The van der Waals surface area contributed by atoms with Crippen molar-refractivity contribution >= 4 is 0 Å². The zero-order valence-electron chi connectivity index (χ0n) is 9.43. The summed E-state index contributed by atoms with van der Waals surface area (Å²) >= 11 is 0. The van der Waals surface area contributed by atoms with E-state index in [1.807, 2.05) is 0 Å². The summed E-state index contributed by atoms with van der Waals surface area (Å²) in [5, 5.41) is 4.75. The summed E-state index contributed by atoms with van der Waals surface area (Å²) in [7, 11) is 0. The summed E-state index contributed by atoms with van der Waals surface area (Å²) < 4.78 is 0. The van der Waals surface area contributed by atoms with E-state index in [0.29, 0.717) is 12.1 Å². The molecule has 0 saturated carbocycles.